The smallest absolute Gasteiger partial charge is 0.326 e. The Morgan fingerprint density at radius 2 is 2.11 bits per heavy atom. The van der Waals surface area contributed by atoms with Gasteiger partial charge in [-0.2, -0.15) is 0 Å². The van der Waals surface area contributed by atoms with Crippen molar-refractivity contribution in [2.24, 2.45) is 0 Å². The van der Waals surface area contributed by atoms with Crippen LogP contribution < -0.4 is 5.73 Å². The Kier molecular flexibility index (Phi) is 3.14. The van der Waals surface area contributed by atoms with Crippen molar-refractivity contribution < 1.29 is 18.3 Å². The summed E-state index contributed by atoms with van der Waals surface area (Å²) in [6.45, 7) is 1.71. The summed E-state index contributed by atoms with van der Waals surface area (Å²) >= 11 is 0. The van der Waals surface area contributed by atoms with Crippen LogP contribution in [-0.2, 0) is 16.1 Å². The molecule has 7 heteroatoms. The summed E-state index contributed by atoms with van der Waals surface area (Å²) in [6.07, 6.45) is 0. The van der Waals surface area contributed by atoms with E-state index in [2.05, 4.69) is 4.98 Å². The Balaban J connectivity index is 2.46. The number of benzene rings is 1. The minimum absolute atomic E-state index is 0.00283. The predicted octanol–water partition coefficient (Wildman–Crippen LogP) is 1.46. The lowest BCUT2D eigenvalue weighted by Gasteiger charge is -2.05. The number of hydrogen-bond acceptors (Lipinski definition) is 4. The Hall–Kier alpha value is -2.18. The first-order chi connectivity index (χ1) is 8.52. The quantitative estimate of drug-likeness (QED) is 0.843. The van der Waals surface area contributed by atoms with Crippen LogP contribution in [-0.4, -0.2) is 22.1 Å². The third-order valence-electron chi connectivity index (χ3n) is 2.41. The van der Waals surface area contributed by atoms with Crippen LogP contribution in [0.5, 0.6) is 0 Å². The molecule has 0 saturated carbocycles. The topological polar surface area (TPSA) is 70.1 Å². The predicted molar refractivity (Wildman–Crippen MR) is 60.7 cm³/mol. The van der Waals surface area contributed by atoms with Gasteiger partial charge in [0.2, 0.25) is 5.95 Å². The maximum atomic E-state index is 13.2. The van der Waals surface area contributed by atoms with Crippen molar-refractivity contribution >= 4 is 23.0 Å². The molecular formula is C11H11F2N3O2. The summed E-state index contributed by atoms with van der Waals surface area (Å²) in [7, 11) is 0. The van der Waals surface area contributed by atoms with Crippen LogP contribution in [0.4, 0.5) is 14.7 Å². The Morgan fingerprint density at radius 3 is 2.78 bits per heavy atom. The van der Waals surface area contributed by atoms with Gasteiger partial charge in [0.05, 0.1) is 17.6 Å². The molecule has 0 unspecified atom stereocenters. The van der Waals surface area contributed by atoms with E-state index in [0.717, 1.165) is 12.1 Å². The van der Waals surface area contributed by atoms with E-state index in [9.17, 15) is 13.6 Å². The summed E-state index contributed by atoms with van der Waals surface area (Å²) in [4.78, 5) is 15.2. The number of nitrogens with two attached hydrogens (primary N) is 1. The van der Waals surface area contributed by atoms with Gasteiger partial charge in [-0.3, -0.25) is 9.36 Å². The van der Waals surface area contributed by atoms with Gasteiger partial charge in [-0.1, -0.05) is 0 Å². The molecule has 1 aromatic heterocycles. The molecule has 0 amide bonds. The lowest BCUT2D eigenvalue weighted by Crippen LogP contribution is -2.15. The summed E-state index contributed by atoms with van der Waals surface area (Å²) in [5, 5.41) is 0. The highest BCUT2D eigenvalue weighted by atomic mass is 19.2. The van der Waals surface area contributed by atoms with Gasteiger partial charge in [0.25, 0.3) is 0 Å². The Morgan fingerprint density at radius 1 is 1.44 bits per heavy atom. The lowest BCUT2D eigenvalue weighted by molar-refractivity contribution is -0.143. The molecule has 2 rings (SSSR count). The number of halogens is 2. The molecule has 0 aliphatic rings. The number of rotatable bonds is 3. The zero-order valence-electron chi connectivity index (χ0n) is 9.61. The number of esters is 1. The molecule has 0 atom stereocenters. The number of fused-ring (bicyclic) bond motifs is 1. The molecule has 5 nitrogen and oxygen atoms in total. The number of hydrogen-bond donors (Lipinski definition) is 1. The van der Waals surface area contributed by atoms with Gasteiger partial charge in [-0.25, -0.2) is 13.8 Å². The molecule has 0 aliphatic heterocycles. The largest absolute Gasteiger partial charge is 0.465 e. The summed E-state index contributed by atoms with van der Waals surface area (Å²) in [5.41, 5.74) is 6.04. The number of aromatic nitrogens is 2. The van der Waals surface area contributed by atoms with Gasteiger partial charge < -0.3 is 10.5 Å². The van der Waals surface area contributed by atoms with Crippen molar-refractivity contribution in [2.45, 2.75) is 13.5 Å². The second kappa shape index (κ2) is 4.59. The number of carbonyl (C=O) groups excluding carboxylic acids is 1. The van der Waals surface area contributed by atoms with E-state index >= 15 is 0 Å². The lowest BCUT2D eigenvalue weighted by atomic mass is 10.3. The first-order valence-electron chi connectivity index (χ1n) is 5.29. The van der Waals surface area contributed by atoms with E-state index in [1.807, 2.05) is 0 Å². The molecule has 1 aromatic carbocycles. The zero-order valence-corrected chi connectivity index (χ0v) is 9.61. The van der Waals surface area contributed by atoms with E-state index in [4.69, 9.17) is 10.5 Å². The van der Waals surface area contributed by atoms with E-state index in [-0.39, 0.29) is 30.1 Å². The Labute approximate surface area is 101 Å². The molecule has 0 saturated heterocycles. The number of nitrogen functional groups attached to an aromatic ring is 1. The van der Waals surface area contributed by atoms with Crippen molar-refractivity contribution in [1.82, 2.24) is 9.55 Å². The minimum atomic E-state index is -1.02. The van der Waals surface area contributed by atoms with E-state index < -0.39 is 17.6 Å². The minimum Gasteiger partial charge on any atom is -0.465 e. The highest BCUT2D eigenvalue weighted by molar-refractivity contribution is 5.81. The normalized spacial score (nSPS) is 10.8. The maximum absolute atomic E-state index is 13.2. The van der Waals surface area contributed by atoms with Gasteiger partial charge in [-0.05, 0) is 6.92 Å². The molecular weight excluding hydrogens is 244 g/mol. The van der Waals surface area contributed by atoms with Crippen LogP contribution in [0.3, 0.4) is 0 Å². The zero-order chi connectivity index (χ0) is 13.3. The second-order valence-electron chi connectivity index (χ2n) is 3.62. The number of ether oxygens (including phenoxy) is 1. The van der Waals surface area contributed by atoms with Crippen molar-refractivity contribution in [2.75, 3.05) is 12.3 Å². The fraction of sp³-hybridized carbons (Fsp3) is 0.273. The summed E-state index contributed by atoms with van der Waals surface area (Å²) in [5.74, 6) is -2.55. The molecule has 0 radical (unpaired) electrons. The van der Waals surface area contributed by atoms with Gasteiger partial charge in [0.15, 0.2) is 11.6 Å². The summed E-state index contributed by atoms with van der Waals surface area (Å²) in [6, 6.07) is 1.88. The first-order valence-corrected chi connectivity index (χ1v) is 5.29. The fourth-order valence-corrected chi connectivity index (χ4v) is 1.64. The van der Waals surface area contributed by atoms with Crippen molar-refractivity contribution in [3.63, 3.8) is 0 Å². The average Bonchev–Trinajstić information content (AvgIpc) is 2.57. The highest BCUT2D eigenvalue weighted by Crippen LogP contribution is 2.21. The van der Waals surface area contributed by atoms with Crippen molar-refractivity contribution in [3.8, 4) is 0 Å². The Bertz CT molecular complexity index is 610. The van der Waals surface area contributed by atoms with E-state index in [1.165, 1.54) is 4.57 Å². The second-order valence-corrected chi connectivity index (χ2v) is 3.62. The summed E-state index contributed by atoms with van der Waals surface area (Å²) < 4.78 is 32.2. The molecule has 2 aromatic rings. The van der Waals surface area contributed by atoms with Crippen LogP contribution in [0.25, 0.3) is 11.0 Å². The van der Waals surface area contributed by atoms with Crippen LogP contribution >= 0.6 is 0 Å². The maximum Gasteiger partial charge on any atom is 0.326 e. The van der Waals surface area contributed by atoms with Crippen LogP contribution in [0, 0.1) is 11.6 Å². The average molecular weight is 255 g/mol. The number of anilines is 1. The van der Waals surface area contributed by atoms with Gasteiger partial charge >= 0.3 is 5.97 Å². The van der Waals surface area contributed by atoms with E-state index in [1.54, 1.807) is 6.92 Å². The third kappa shape index (κ3) is 2.11. The van der Waals surface area contributed by atoms with Crippen LogP contribution in [0.2, 0.25) is 0 Å². The SMILES string of the molecule is CCOC(=O)Cn1c(N)nc2cc(F)c(F)cc21. The molecule has 0 fully saturated rings. The van der Waals surface area contributed by atoms with Crippen LogP contribution in [0.1, 0.15) is 6.92 Å². The molecule has 96 valence electrons. The highest BCUT2D eigenvalue weighted by Gasteiger charge is 2.15. The van der Waals surface area contributed by atoms with Gasteiger partial charge in [0, 0.05) is 12.1 Å². The number of imidazole rings is 1. The molecule has 2 N–H and O–H groups in total. The van der Waals surface area contributed by atoms with Crippen molar-refractivity contribution in [1.29, 1.82) is 0 Å². The molecule has 1 heterocycles. The standard InChI is InChI=1S/C11H11F2N3O2/c1-2-18-10(17)5-16-9-4-7(13)6(12)3-8(9)15-11(16)14/h3-4H,2,5H2,1H3,(H2,14,15). The molecule has 0 spiro atoms. The van der Waals surface area contributed by atoms with Gasteiger partial charge in [-0.15, -0.1) is 0 Å². The van der Waals surface area contributed by atoms with E-state index in [0.29, 0.717) is 0 Å². The van der Waals surface area contributed by atoms with Gasteiger partial charge in [0.1, 0.15) is 6.54 Å². The number of carbonyl (C=O) groups is 1. The molecule has 0 bridgehead atoms. The fourth-order valence-electron chi connectivity index (χ4n) is 1.64. The monoisotopic (exact) mass is 255 g/mol. The van der Waals surface area contributed by atoms with Crippen LogP contribution in [0.15, 0.2) is 12.1 Å². The van der Waals surface area contributed by atoms with Crippen molar-refractivity contribution in [3.05, 3.63) is 23.8 Å². The number of nitrogens with zero attached hydrogens (tertiary/aromatic N) is 2. The molecule has 0 aliphatic carbocycles. The first kappa shape index (κ1) is 12.3. The molecule has 18 heavy (non-hydrogen) atoms. The third-order valence-corrected chi connectivity index (χ3v) is 2.41.